The summed E-state index contributed by atoms with van der Waals surface area (Å²) in [6, 6.07) is 5.16. The second kappa shape index (κ2) is 6.76. The predicted molar refractivity (Wildman–Crippen MR) is 81.4 cm³/mol. The number of fused-ring (bicyclic) bond motifs is 1. The highest BCUT2D eigenvalue weighted by Crippen LogP contribution is 2.32. The fraction of sp³-hybridized carbons (Fsp3) is 0.333. The Balaban J connectivity index is 1.51. The highest BCUT2D eigenvalue weighted by molar-refractivity contribution is 7.09. The van der Waals surface area contributed by atoms with Crippen LogP contribution in [0.2, 0.25) is 0 Å². The number of carbonyl (C=O) groups excluding carboxylic acids is 1. The van der Waals surface area contributed by atoms with E-state index in [-0.39, 0.29) is 12.7 Å². The van der Waals surface area contributed by atoms with Crippen molar-refractivity contribution in [1.29, 1.82) is 0 Å². The van der Waals surface area contributed by atoms with Gasteiger partial charge in [-0.15, -0.1) is 11.3 Å². The zero-order valence-corrected chi connectivity index (χ0v) is 12.9. The molecule has 1 aliphatic rings. The summed E-state index contributed by atoms with van der Waals surface area (Å²) in [5, 5.41) is 5.81. The third kappa shape index (κ3) is 3.37. The van der Waals surface area contributed by atoms with E-state index >= 15 is 0 Å². The lowest BCUT2D eigenvalue weighted by Crippen LogP contribution is -2.25. The third-order valence-electron chi connectivity index (χ3n) is 3.17. The zero-order chi connectivity index (χ0) is 15.4. The quantitative estimate of drug-likeness (QED) is 0.881. The van der Waals surface area contributed by atoms with Gasteiger partial charge in [0.2, 0.25) is 6.79 Å². The lowest BCUT2D eigenvalue weighted by molar-refractivity contribution is 0.0953. The van der Waals surface area contributed by atoms with Crippen LogP contribution in [0.25, 0.3) is 0 Å². The van der Waals surface area contributed by atoms with Gasteiger partial charge in [-0.25, -0.2) is 4.98 Å². The van der Waals surface area contributed by atoms with E-state index in [9.17, 15) is 4.79 Å². The first kappa shape index (κ1) is 14.8. The van der Waals surface area contributed by atoms with Crippen LogP contribution in [-0.4, -0.2) is 31.3 Å². The van der Waals surface area contributed by atoms with E-state index in [2.05, 4.69) is 10.3 Å². The number of carbonyl (C=O) groups is 1. The molecule has 3 rings (SSSR count). The van der Waals surface area contributed by atoms with E-state index in [0.29, 0.717) is 36.6 Å². The SMILES string of the molecule is COCc1nc(CCNC(=O)c2ccc3c(c2)OCO3)cs1. The standard InChI is InChI=1S/C15H16N2O4S/c1-19-7-14-17-11(8-22-14)4-5-16-15(18)10-2-3-12-13(6-10)21-9-20-12/h2-3,6,8H,4-5,7,9H2,1H3,(H,16,18). The van der Waals surface area contributed by atoms with Crippen molar-refractivity contribution in [3.63, 3.8) is 0 Å². The Labute approximate surface area is 132 Å². The monoisotopic (exact) mass is 320 g/mol. The summed E-state index contributed by atoms with van der Waals surface area (Å²) < 4.78 is 15.5. The minimum Gasteiger partial charge on any atom is -0.454 e. The van der Waals surface area contributed by atoms with E-state index < -0.39 is 0 Å². The number of hydrogen-bond donors (Lipinski definition) is 1. The van der Waals surface area contributed by atoms with E-state index in [1.807, 2.05) is 5.38 Å². The molecule has 7 heteroatoms. The molecule has 0 saturated carbocycles. The summed E-state index contributed by atoms with van der Waals surface area (Å²) in [5.41, 5.74) is 1.52. The first-order chi connectivity index (χ1) is 10.8. The van der Waals surface area contributed by atoms with Gasteiger partial charge in [0, 0.05) is 31.0 Å². The summed E-state index contributed by atoms with van der Waals surface area (Å²) in [6.07, 6.45) is 0.691. The summed E-state index contributed by atoms with van der Waals surface area (Å²) in [6.45, 7) is 1.26. The fourth-order valence-corrected chi connectivity index (χ4v) is 2.90. The Hall–Kier alpha value is -2.12. The lowest BCUT2D eigenvalue weighted by atomic mass is 10.2. The van der Waals surface area contributed by atoms with Crippen molar-refractivity contribution in [3.8, 4) is 11.5 Å². The van der Waals surface area contributed by atoms with Gasteiger partial charge in [0.1, 0.15) is 5.01 Å². The average molecular weight is 320 g/mol. The number of hydrogen-bond acceptors (Lipinski definition) is 6. The van der Waals surface area contributed by atoms with Gasteiger partial charge in [0.25, 0.3) is 5.91 Å². The summed E-state index contributed by atoms with van der Waals surface area (Å²) in [7, 11) is 1.65. The van der Waals surface area contributed by atoms with Crippen molar-refractivity contribution in [2.75, 3.05) is 20.4 Å². The summed E-state index contributed by atoms with van der Waals surface area (Å²) in [5.74, 6) is 1.15. The molecule has 0 bridgehead atoms. The van der Waals surface area contributed by atoms with Gasteiger partial charge >= 0.3 is 0 Å². The van der Waals surface area contributed by atoms with Crippen LogP contribution in [0.5, 0.6) is 11.5 Å². The van der Waals surface area contributed by atoms with Crippen LogP contribution in [0.4, 0.5) is 0 Å². The molecule has 0 saturated heterocycles. The molecule has 1 N–H and O–H groups in total. The minimum atomic E-state index is -0.134. The first-order valence-electron chi connectivity index (χ1n) is 6.86. The molecule has 6 nitrogen and oxygen atoms in total. The predicted octanol–water partition coefficient (Wildman–Crippen LogP) is 1.99. The van der Waals surface area contributed by atoms with Crippen LogP contribution in [0, 0.1) is 0 Å². The van der Waals surface area contributed by atoms with E-state index in [4.69, 9.17) is 14.2 Å². The van der Waals surface area contributed by atoms with Crippen molar-refractivity contribution >= 4 is 17.2 Å². The van der Waals surface area contributed by atoms with E-state index in [1.165, 1.54) is 0 Å². The number of thiazole rings is 1. The molecule has 2 aromatic rings. The van der Waals surface area contributed by atoms with Crippen LogP contribution in [-0.2, 0) is 17.8 Å². The number of nitrogens with one attached hydrogen (secondary N) is 1. The molecule has 1 aromatic carbocycles. The molecule has 0 radical (unpaired) electrons. The van der Waals surface area contributed by atoms with Gasteiger partial charge in [-0.1, -0.05) is 0 Å². The van der Waals surface area contributed by atoms with Gasteiger partial charge in [-0.05, 0) is 18.2 Å². The first-order valence-corrected chi connectivity index (χ1v) is 7.74. The maximum Gasteiger partial charge on any atom is 0.251 e. The van der Waals surface area contributed by atoms with Crippen molar-refractivity contribution in [3.05, 3.63) is 39.8 Å². The molecule has 1 aliphatic heterocycles. The molecule has 22 heavy (non-hydrogen) atoms. The van der Waals surface area contributed by atoms with Crippen molar-refractivity contribution in [2.24, 2.45) is 0 Å². The van der Waals surface area contributed by atoms with Gasteiger partial charge in [0.15, 0.2) is 11.5 Å². The van der Waals surface area contributed by atoms with Crippen LogP contribution in [0.1, 0.15) is 21.1 Å². The van der Waals surface area contributed by atoms with Crippen LogP contribution in [0.3, 0.4) is 0 Å². The molecular formula is C15H16N2O4S. The number of amides is 1. The molecule has 0 aliphatic carbocycles. The molecule has 0 unspecified atom stereocenters. The van der Waals surface area contributed by atoms with E-state index in [1.54, 1.807) is 36.6 Å². The Morgan fingerprint density at radius 2 is 2.27 bits per heavy atom. The third-order valence-corrected chi connectivity index (χ3v) is 4.04. The minimum absolute atomic E-state index is 0.134. The lowest BCUT2D eigenvalue weighted by Gasteiger charge is -2.05. The summed E-state index contributed by atoms with van der Waals surface area (Å²) >= 11 is 1.56. The molecule has 1 aromatic heterocycles. The molecule has 0 fully saturated rings. The van der Waals surface area contributed by atoms with Crippen molar-refractivity contribution in [2.45, 2.75) is 13.0 Å². The molecule has 0 atom stereocenters. The fourth-order valence-electron chi connectivity index (χ4n) is 2.10. The van der Waals surface area contributed by atoms with Gasteiger partial charge in [-0.3, -0.25) is 4.79 Å². The highest BCUT2D eigenvalue weighted by Gasteiger charge is 2.16. The maximum atomic E-state index is 12.1. The second-order valence-electron chi connectivity index (χ2n) is 4.74. The topological polar surface area (TPSA) is 69.7 Å². The number of aromatic nitrogens is 1. The number of rotatable bonds is 6. The second-order valence-corrected chi connectivity index (χ2v) is 5.68. The van der Waals surface area contributed by atoms with Crippen LogP contribution >= 0.6 is 11.3 Å². The average Bonchev–Trinajstić information content (AvgIpc) is 3.15. The largest absolute Gasteiger partial charge is 0.454 e. The van der Waals surface area contributed by atoms with Crippen LogP contribution in [0.15, 0.2) is 23.6 Å². The highest BCUT2D eigenvalue weighted by atomic mass is 32.1. The Kier molecular flexibility index (Phi) is 4.55. The molecule has 116 valence electrons. The number of ether oxygens (including phenoxy) is 3. The smallest absolute Gasteiger partial charge is 0.251 e. The van der Waals surface area contributed by atoms with Crippen LogP contribution < -0.4 is 14.8 Å². The number of nitrogens with zero attached hydrogens (tertiary/aromatic N) is 1. The normalized spacial score (nSPS) is 12.4. The molecule has 0 spiro atoms. The number of methoxy groups -OCH3 is 1. The van der Waals surface area contributed by atoms with Crippen molar-refractivity contribution < 1.29 is 19.0 Å². The van der Waals surface area contributed by atoms with Gasteiger partial charge in [0.05, 0.1) is 12.3 Å². The van der Waals surface area contributed by atoms with Gasteiger partial charge in [-0.2, -0.15) is 0 Å². The van der Waals surface area contributed by atoms with Crippen molar-refractivity contribution in [1.82, 2.24) is 10.3 Å². The molecule has 2 heterocycles. The number of benzene rings is 1. The van der Waals surface area contributed by atoms with E-state index in [0.717, 1.165) is 10.7 Å². The Morgan fingerprint density at radius 1 is 1.41 bits per heavy atom. The zero-order valence-electron chi connectivity index (χ0n) is 12.1. The van der Waals surface area contributed by atoms with Gasteiger partial charge < -0.3 is 19.5 Å². The Morgan fingerprint density at radius 3 is 3.14 bits per heavy atom. The Bertz CT molecular complexity index is 671. The molecular weight excluding hydrogens is 304 g/mol. The molecule has 1 amide bonds. The summed E-state index contributed by atoms with van der Waals surface area (Å²) in [4.78, 5) is 16.5. The maximum absolute atomic E-state index is 12.1.